The average Bonchev–Trinajstić information content (AvgIpc) is 2.99. The van der Waals surface area contributed by atoms with Crippen molar-refractivity contribution in [1.82, 2.24) is 15.0 Å². The molecule has 3 aromatic rings. The topological polar surface area (TPSA) is 134 Å². The van der Waals surface area contributed by atoms with Crippen molar-refractivity contribution in [3.8, 4) is 11.4 Å². The van der Waals surface area contributed by atoms with Gasteiger partial charge in [-0.15, -0.1) is 12.6 Å². The third-order valence-electron chi connectivity index (χ3n) is 6.07. The third-order valence-corrected chi connectivity index (χ3v) is 6.50. The number of nitrogen functional groups attached to an aromatic ring is 1. The summed E-state index contributed by atoms with van der Waals surface area (Å²) >= 11 is 4.82. The Bertz CT molecular complexity index is 1250. The molecular formula is C29H40N8O2S. The van der Waals surface area contributed by atoms with Crippen LogP contribution in [0.2, 0.25) is 0 Å². The van der Waals surface area contributed by atoms with Gasteiger partial charge in [0.25, 0.3) is 0 Å². The van der Waals surface area contributed by atoms with E-state index in [1.165, 1.54) is 6.21 Å². The molecule has 0 spiro atoms. The highest BCUT2D eigenvalue weighted by Gasteiger charge is 2.21. The average molecular weight is 565 g/mol. The molecule has 11 heteroatoms. The normalized spacial score (nSPS) is 13.1. The number of rotatable bonds is 11. The number of ether oxygens (including phenoxy) is 2. The number of nitrogens with zero attached hydrogens (tertiary/aromatic N) is 4. The summed E-state index contributed by atoms with van der Waals surface area (Å²) in [5.41, 5.74) is 10.2. The van der Waals surface area contributed by atoms with Crippen LogP contribution in [-0.2, 0) is 15.9 Å². The van der Waals surface area contributed by atoms with Crippen LogP contribution in [0.4, 0.5) is 23.0 Å². The van der Waals surface area contributed by atoms with Crippen molar-refractivity contribution < 1.29 is 9.47 Å². The van der Waals surface area contributed by atoms with E-state index in [0.717, 1.165) is 60.4 Å². The first-order chi connectivity index (χ1) is 19.5. The molecule has 1 saturated heterocycles. The predicted molar refractivity (Wildman–Crippen MR) is 168 cm³/mol. The number of pyridine rings is 1. The second kappa shape index (κ2) is 16.4. The van der Waals surface area contributed by atoms with Gasteiger partial charge in [0.15, 0.2) is 5.82 Å². The Morgan fingerprint density at radius 1 is 1.15 bits per heavy atom. The van der Waals surface area contributed by atoms with Gasteiger partial charge in [-0.1, -0.05) is 18.2 Å². The Morgan fingerprint density at radius 2 is 1.93 bits per heavy atom. The molecule has 5 N–H and O–H groups in total. The number of nitrogens with one attached hydrogen (secondary N) is 3. The summed E-state index contributed by atoms with van der Waals surface area (Å²) in [4.78, 5) is 17.0. The molecule has 0 saturated carbocycles. The zero-order chi connectivity index (χ0) is 28.7. The zero-order valence-electron chi connectivity index (χ0n) is 23.5. The van der Waals surface area contributed by atoms with Crippen LogP contribution in [0.5, 0.6) is 0 Å². The van der Waals surface area contributed by atoms with Gasteiger partial charge in [-0.25, -0.2) is 15.0 Å². The number of nitrogens with two attached hydrogens (primary N) is 1. The molecule has 2 aromatic heterocycles. The first kappa shape index (κ1) is 30.9. The van der Waals surface area contributed by atoms with Crippen molar-refractivity contribution in [2.24, 2.45) is 0 Å². The molecule has 0 amide bonds. The monoisotopic (exact) mass is 564 g/mol. The van der Waals surface area contributed by atoms with Gasteiger partial charge in [-0.3, -0.25) is 0 Å². The van der Waals surface area contributed by atoms with Crippen LogP contribution < -0.4 is 21.3 Å². The van der Waals surface area contributed by atoms with Crippen LogP contribution >= 0.6 is 12.6 Å². The number of aromatic nitrogens is 3. The molecule has 0 aliphatic carbocycles. The highest BCUT2D eigenvalue weighted by atomic mass is 32.1. The highest BCUT2D eigenvalue weighted by Crippen LogP contribution is 2.32. The van der Waals surface area contributed by atoms with Gasteiger partial charge >= 0.3 is 0 Å². The van der Waals surface area contributed by atoms with Gasteiger partial charge in [0.1, 0.15) is 11.6 Å². The van der Waals surface area contributed by atoms with Gasteiger partial charge in [0.05, 0.1) is 35.7 Å². The fraction of sp³-hybridized carbons (Fsp3) is 0.379. The van der Waals surface area contributed by atoms with Gasteiger partial charge in [-0.05, 0) is 49.9 Å². The van der Waals surface area contributed by atoms with Crippen molar-refractivity contribution in [2.45, 2.75) is 25.2 Å². The third kappa shape index (κ3) is 8.67. The Labute approximate surface area is 242 Å². The number of hydrogen-bond donors (Lipinski definition) is 5. The summed E-state index contributed by atoms with van der Waals surface area (Å²) in [6, 6.07) is 9.62. The molecule has 0 radical (unpaired) electrons. The molecule has 0 unspecified atom stereocenters. The molecule has 1 aliphatic rings. The Balaban J connectivity index is 0.00000103. The van der Waals surface area contributed by atoms with E-state index in [1.54, 1.807) is 13.3 Å². The minimum absolute atomic E-state index is 0.413. The lowest BCUT2D eigenvalue weighted by molar-refractivity contribution is 0.122. The van der Waals surface area contributed by atoms with Crippen LogP contribution in [0.15, 0.2) is 47.5 Å². The van der Waals surface area contributed by atoms with E-state index in [1.807, 2.05) is 56.3 Å². The SMILES string of the molecule is CCNc1ccc(NC/C=C/c2nc(-c3cccc(N)c3CC=N)nc(N3CCOCC3)c2S)cn1.CCOC. The van der Waals surface area contributed by atoms with Gasteiger partial charge in [0.2, 0.25) is 0 Å². The summed E-state index contributed by atoms with van der Waals surface area (Å²) in [5.74, 6) is 2.19. The number of benzene rings is 1. The molecule has 0 bridgehead atoms. The summed E-state index contributed by atoms with van der Waals surface area (Å²) in [5, 5.41) is 14.1. The van der Waals surface area contributed by atoms with E-state index >= 15 is 0 Å². The van der Waals surface area contributed by atoms with E-state index in [9.17, 15) is 0 Å². The number of morpholine rings is 1. The lowest BCUT2D eigenvalue weighted by atomic mass is 10.0. The van der Waals surface area contributed by atoms with E-state index < -0.39 is 0 Å². The Morgan fingerprint density at radius 3 is 2.58 bits per heavy atom. The number of methoxy groups -OCH3 is 1. The Kier molecular flexibility index (Phi) is 12.7. The quantitative estimate of drug-likeness (QED) is 0.128. The second-order valence-electron chi connectivity index (χ2n) is 8.81. The van der Waals surface area contributed by atoms with Crippen LogP contribution in [-0.4, -0.2) is 74.3 Å². The fourth-order valence-electron chi connectivity index (χ4n) is 3.97. The first-order valence-electron chi connectivity index (χ1n) is 13.4. The molecule has 0 atom stereocenters. The maximum Gasteiger partial charge on any atom is 0.162 e. The lowest BCUT2D eigenvalue weighted by Crippen LogP contribution is -2.37. The van der Waals surface area contributed by atoms with Gasteiger partial charge in [-0.2, -0.15) is 0 Å². The van der Waals surface area contributed by atoms with Crippen molar-refractivity contribution in [3.63, 3.8) is 0 Å². The van der Waals surface area contributed by atoms with Crippen molar-refractivity contribution in [1.29, 1.82) is 5.41 Å². The second-order valence-corrected chi connectivity index (χ2v) is 9.26. The minimum Gasteiger partial charge on any atom is -0.398 e. The van der Waals surface area contributed by atoms with Crippen LogP contribution in [0, 0.1) is 5.41 Å². The van der Waals surface area contributed by atoms with Crippen LogP contribution in [0.1, 0.15) is 25.1 Å². The summed E-state index contributed by atoms with van der Waals surface area (Å²) < 4.78 is 10.1. The minimum atomic E-state index is 0.413. The molecule has 3 heterocycles. The summed E-state index contributed by atoms with van der Waals surface area (Å²) in [6.45, 7) is 8.99. The highest BCUT2D eigenvalue weighted by molar-refractivity contribution is 7.80. The van der Waals surface area contributed by atoms with Crippen LogP contribution in [0.3, 0.4) is 0 Å². The zero-order valence-corrected chi connectivity index (χ0v) is 24.4. The number of anilines is 4. The standard InChI is InChI=1S/C26H32N8OS.C3H8O/c1-2-29-23-9-8-18(17-31-23)30-12-4-7-22-24(36)26(34-13-15-35-16-14-34)33-25(32-22)20-5-3-6-21(28)19(20)10-11-27;1-3-4-2/h3-9,11,17,27,30,36H,2,10,12-16,28H2,1H3,(H,29,31);3H2,1-2H3/b7-4+,27-11?;. The van der Waals surface area contributed by atoms with Crippen molar-refractivity contribution >= 4 is 47.9 Å². The Hall–Kier alpha value is -3.67. The van der Waals surface area contributed by atoms with E-state index in [-0.39, 0.29) is 0 Å². The molecule has 10 nitrogen and oxygen atoms in total. The molecular weight excluding hydrogens is 524 g/mol. The smallest absolute Gasteiger partial charge is 0.162 e. The van der Waals surface area contributed by atoms with Gasteiger partial charge in [0, 0.05) is 57.6 Å². The number of hydrogen-bond acceptors (Lipinski definition) is 11. The predicted octanol–water partition coefficient (Wildman–Crippen LogP) is 4.65. The molecule has 40 heavy (non-hydrogen) atoms. The summed E-state index contributed by atoms with van der Waals surface area (Å²) in [6.07, 6.45) is 7.52. The number of thiol groups is 1. The maximum atomic E-state index is 7.61. The molecule has 1 aliphatic heterocycles. The maximum absolute atomic E-state index is 7.61. The van der Waals surface area contributed by atoms with E-state index in [2.05, 4.69) is 25.3 Å². The first-order valence-corrected chi connectivity index (χ1v) is 13.9. The molecule has 214 valence electrons. The largest absolute Gasteiger partial charge is 0.398 e. The molecule has 1 aromatic carbocycles. The van der Waals surface area contributed by atoms with Gasteiger partial charge < -0.3 is 36.2 Å². The van der Waals surface area contributed by atoms with Crippen LogP contribution in [0.25, 0.3) is 17.5 Å². The molecule has 1 fully saturated rings. The summed E-state index contributed by atoms with van der Waals surface area (Å²) in [7, 11) is 1.68. The van der Waals surface area contributed by atoms with Crippen molar-refractivity contribution in [2.75, 3.05) is 74.4 Å². The van der Waals surface area contributed by atoms with E-state index in [4.69, 9.17) is 38.5 Å². The van der Waals surface area contributed by atoms with Crippen molar-refractivity contribution in [3.05, 3.63) is 53.9 Å². The van der Waals surface area contributed by atoms with E-state index in [0.29, 0.717) is 42.6 Å². The molecule has 4 rings (SSSR count). The lowest BCUT2D eigenvalue weighted by Gasteiger charge is -2.29. The fourth-order valence-corrected chi connectivity index (χ4v) is 4.28.